The van der Waals surface area contributed by atoms with Gasteiger partial charge in [-0.3, -0.25) is 0 Å². The van der Waals surface area contributed by atoms with E-state index in [1.165, 1.54) is 14.2 Å². The zero-order valence-corrected chi connectivity index (χ0v) is 13.3. The SMILES string of the molecule is COc1cc(F)c(S(=O)(=O)NC(CN)C(C)C)cc1OC. The molecule has 8 heteroatoms. The van der Waals surface area contributed by atoms with Crippen LogP contribution in [0.1, 0.15) is 13.8 Å². The Kier molecular flexibility index (Phi) is 5.94. The molecule has 1 unspecified atom stereocenters. The minimum Gasteiger partial charge on any atom is -0.493 e. The van der Waals surface area contributed by atoms with Crippen molar-refractivity contribution in [3.63, 3.8) is 0 Å². The summed E-state index contributed by atoms with van der Waals surface area (Å²) >= 11 is 0. The number of rotatable bonds is 7. The number of ether oxygens (including phenoxy) is 2. The van der Waals surface area contributed by atoms with Crippen LogP contribution in [0, 0.1) is 11.7 Å². The summed E-state index contributed by atoms with van der Waals surface area (Å²) in [5, 5.41) is 0. The van der Waals surface area contributed by atoms with Crippen molar-refractivity contribution in [2.45, 2.75) is 24.8 Å². The summed E-state index contributed by atoms with van der Waals surface area (Å²) in [5.74, 6) is -0.686. The molecule has 0 aliphatic heterocycles. The molecular weight excluding hydrogens is 299 g/mol. The smallest absolute Gasteiger partial charge is 0.243 e. The molecule has 1 aromatic carbocycles. The molecule has 0 fully saturated rings. The minimum atomic E-state index is -4.05. The Morgan fingerprint density at radius 3 is 2.19 bits per heavy atom. The van der Waals surface area contributed by atoms with Crippen LogP contribution < -0.4 is 19.9 Å². The second-order valence-corrected chi connectivity index (χ2v) is 6.53. The summed E-state index contributed by atoms with van der Waals surface area (Å²) in [6, 6.07) is 1.58. The number of hydrogen-bond donors (Lipinski definition) is 2. The third kappa shape index (κ3) is 4.05. The van der Waals surface area contributed by atoms with E-state index in [2.05, 4.69) is 4.72 Å². The van der Waals surface area contributed by atoms with Gasteiger partial charge >= 0.3 is 0 Å². The number of nitrogens with two attached hydrogens (primary N) is 1. The Labute approximate surface area is 124 Å². The number of methoxy groups -OCH3 is 2. The van der Waals surface area contributed by atoms with Gasteiger partial charge in [0.05, 0.1) is 14.2 Å². The summed E-state index contributed by atoms with van der Waals surface area (Å²) in [5.41, 5.74) is 5.53. The van der Waals surface area contributed by atoms with Crippen molar-refractivity contribution < 1.29 is 22.3 Å². The Morgan fingerprint density at radius 1 is 1.24 bits per heavy atom. The molecule has 6 nitrogen and oxygen atoms in total. The van der Waals surface area contributed by atoms with Crippen molar-refractivity contribution in [3.05, 3.63) is 17.9 Å². The molecule has 0 bridgehead atoms. The Hall–Kier alpha value is -1.38. The fourth-order valence-corrected chi connectivity index (χ4v) is 3.23. The molecule has 0 heterocycles. The van der Waals surface area contributed by atoms with E-state index in [0.717, 1.165) is 12.1 Å². The molecule has 0 radical (unpaired) electrons. The molecule has 0 aliphatic rings. The summed E-state index contributed by atoms with van der Waals surface area (Å²) in [4.78, 5) is -0.501. The molecule has 0 saturated carbocycles. The first-order valence-corrected chi connectivity index (χ1v) is 7.89. The van der Waals surface area contributed by atoms with Gasteiger partial charge in [-0.05, 0) is 5.92 Å². The van der Waals surface area contributed by atoms with Crippen LogP contribution in [0.4, 0.5) is 4.39 Å². The van der Waals surface area contributed by atoms with Crippen LogP contribution in [0.25, 0.3) is 0 Å². The Morgan fingerprint density at radius 2 is 1.76 bits per heavy atom. The molecular formula is C13H21FN2O4S. The summed E-state index contributed by atoms with van der Waals surface area (Å²) in [6.45, 7) is 3.77. The highest BCUT2D eigenvalue weighted by Gasteiger charge is 2.26. The molecule has 120 valence electrons. The summed E-state index contributed by atoms with van der Waals surface area (Å²) < 4.78 is 50.9. The van der Waals surface area contributed by atoms with Gasteiger partial charge in [0, 0.05) is 24.7 Å². The van der Waals surface area contributed by atoms with Crippen molar-refractivity contribution >= 4 is 10.0 Å². The van der Waals surface area contributed by atoms with E-state index in [-0.39, 0.29) is 24.0 Å². The Balaban J connectivity index is 3.25. The van der Waals surface area contributed by atoms with Crippen LogP contribution >= 0.6 is 0 Å². The quantitative estimate of drug-likeness (QED) is 0.785. The van der Waals surface area contributed by atoms with E-state index in [4.69, 9.17) is 15.2 Å². The van der Waals surface area contributed by atoms with Crippen LogP contribution in [0.3, 0.4) is 0 Å². The first-order valence-electron chi connectivity index (χ1n) is 6.40. The largest absolute Gasteiger partial charge is 0.493 e. The monoisotopic (exact) mass is 320 g/mol. The molecule has 0 spiro atoms. The average molecular weight is 320 g/mol. The van der Waals surface area contributed by atoms with E-state index in [1.807, 2.05) is 13.8 Å². The van der Waals surface area contributed by atoms with Crippen LogP contribution in [0.5, 0.6) is 11.5 Å². The van der Waals surface area contributed by atoms with Gasteiger partial charge in [-0.2, -0.15) is 0 Å². The van der Waals surface area contributed by atoms with Gasteiger partial charge < -0.3 is 15.2 Å². The molecule has 0 aromatic heterocycles. The van der Waals surface area contributed by atoms with E-state index in [9.17, 15) is 12.8 Å². The van der Waals surface area contributed by atoms with E-state index < -0.39 is 26.8 Å². The number of sulfonamides is 1. The number of nitrogens with one attached hydrogen (secondary N) is 1. The molecule has 0 saturated heterocycles. The number of halogens is 1. The van der Waals surface area contributed by atoms with Crippen molar-refractivity contribution in [1.29, 1.82) is 0 Å². The lowest BCUT2D eigenvalue weighted by Crippen LogP contribution is -2.43. The molecule has 1 aromatic rings. The van der Waals surface area contributed by atoms with Gasteiger partial charge in [0.2, 0.25) is 10.0 Å². The van der Waals surface area contributed by atoms with Gasteiger partial charge in [0.1, 0.15) is 10.7 Å². The summed E-state index contributed by atoms with van der Waals surface area (Å²) in [7, 11) is -1.36. The van der Waals surface area contributed by atoms with Crippen LogP contribution in [0.15, 0.2) is 17.0 Å². The second kappa shape index (κ2) is 7.06. The van der Waals surface area contributed by atoms with Crippen molar-refractivity contribution in [2.75, 3.05) is 20.8 Å². The number of hydrogen-bond acceptors (Lipinski definition) is 5. The highest BCUT2D eigenvalue weighted by atomic mass is 32.2. The highest BCUT2D eigenvalue weighted by Crippen LogP contribution is 2.31. The third-order valence-electron chi connectivity index (χ3n) is 3.09. The first kappa shape index (κ1) is 17.7. The lowest BCUT2D eigenvalue weighted by Gasteiger charge is -2.21. The maximum atomic E-state index is 14.0. The molecule has 1 rings (SSSR count). The Bertz CT molecular complexity index is 590. The minimum absolute atomic E-state index is 0.0204. The first-order chi connectivity index (χ1) is 9.76. The van der Waals surface area contributed by atoms with Crippen LogP contribution in [-0.2, 0) is 10.0 Å². The zero-order valence-electron chi connectivity index (χ0n) is 12.5. The normalized spacial score (nSPS) is 13.3. The van der Waals surface area contributed by atoms with Gasteiger partial charge in [0.15, 0.2) is 11.5 Å². The van der Waals surface area contributed by atoms with Crippen molar-refractivity contribution in [2.24, 2.45) is 11.7 Å². The van der Waals surface area contributed by atoms with Gasteiger partial charge in [-0.15, -0.1) is 0 Å². The van der Waals surface area contributed by atoms with E-state index in [1.54, 1.807) is 0 Å². The van der Waals surface area contributed by atoms with Gasteiger partial charge in [0.25, 0.3) is 0 Å². The van der Waals surface area contributed by atoms with Crippen LogP contribution in [-0.4, -0.2) is 35.2 Å². The molecule has 3 N–H and O–H groups in total. The molecule has 0 amide bonds. The maximum Gasteiger partial charge on any atom is 0.243 e. The van der Waals surface area contributed by atoms with Gasteiger partial charge in [-0.25, -0.2) is 17.5 Å². The predicted octanol–water partition coefficient (Wildman–Crippen LogP) is 1.10. The van der Waals surface area contributed by atoms with Crippen LogP contribution in [0.2, 0.25) is 0 Å². The third-order valence-corrected chi connectivity index (χ3v) is 4.60. The number of benzene rings is 1. The fourth-order valence-electron chi connectivity index (χ4n) is 1.76. The topological polar surface area (TPSA) is 90.7 Å². The summed E-state index contributed by atoms with van der Waals surface area (Å²) in [6.07, 6.45) is 0. The van der Waals surface area contributed by atoms with Gasteiger partial charge in [-0.1, -0.05) is 13.8 Å². The van der Waals surface area contributed by atoms with E-state index >= 15 is 0 Å². The van der Waals surface area contributed by atoms with Crippen molar-refractivity contribution in [3.8, 4) is 11.5 Å². The fraction of sp³-hybridized carbons (Fsp3) is 0.538. The lowest BCUT2D eigenvalue weighted by molar-refractivity contribution is 0.350. The highest BCUT2D eigenvalue weighted by molar-refractivity contribution is 7.89. The zero-order chi connectivity index (χ0) is 16.2. The standard InChI is InChI=1S/C13H21FN2O4S/c1-8(2)10(7-15)16-21(17,18)13-6-12(20-4)11(19-3)5-9(13)14/h5-6,8,10,16H,7,15H2,1-4H3. The second-order valence-electron chi connectivity index (χ2n) is 4.85. The molecule has 21 heavy (non-hydrogen) atoms. The van der Waals surface area contributed by atoms with Crippen molar-refractivity contribution in [1.82, 2.24) is 4.72 Å². The van der Waals surface area contributed by atoms with E-state index in [0.29, 0.717) is 0 Å². The predicted molar refractivity (Wildman–Crippen MR) is 77.5 cm³/mol. The lowest BCUT2D eigenvalue weighted by atomic mass is 10.1. The molecule has 1 atom stereocenters. The molecule has 0 aliphatic carbocycles. The average Bonchev–Trinajstić information content (AvgIpc) is 2.43. The maximum absolute atomic E-state index is 14.0.